The molecule has 0 spiro atoms. The summed E-state index contributed by atoms with van der Waals surface area (Å²) in [6.45, 7) is 0.491. The molecule has 3 aliphatic rings. The average Bonchev–Trinajstić information content (AvgIpc) is 2.70. The van der Waals surface area contributed by atoms with Crippen LogP contribution in [0.3, 0.4) is 0 Å². The zero-order valence-electron chi connectivity index (χ0n) is 17.2. The Morgan fingerprint density at radius 2 is 1.82 bits per heavy atom. The standard InChI is InChI=1S/C20H21F6N3O4/c21-19(22,23)12-2-1-11(14(5-12)20(24,25)26)9-32-13-6-29(7-13)18(31)28-4-3-16-15(8-28)27-17(30)10-33-16/h1-2,5,13,15-16H,3-4,6-10H2,(H,27,30)/t15-,16+/m1/s1. The van der Waals surface area contributed by atoms with Crippen LogP contribution in [0.2, 0.25) is 0 Å². The quantitative estimate of drug-likeness (QED) is 0.675. The molecule has 1 aromatic rings. The van der Waals surface area contributed by atoms with Crippen LogP contribution in [0.25, 0.3) is 0 Å². The smallest absolute Gasteiger partial charge is 0.370 e. The maximum absolute atomic E-state index is 13.2. The van der Waals surface area contributed by atoms with Crippen molar-refractivity contribution < 1.29 is 45.4 Å². The summed E-state index contributed by atoms with van der Waals surface area (Å²) in [5.41, 5.74) is -3.19. The molecule has 3 amide bonds. The van der Waals surface area contributed by atoms with Crippen molar-refractivity contribution in [1.29, 1.82) is 0 Å². The Labute approximate surface area is 184 Å². The zero-order valence-corrected chi connectivity index (χ0v) is 17.2. The van der Waals surface area contributed by atoms with Crippen LogP contribution in [-0.4, -0.2) is 72.8 Å². The number of alkyl halides is 6. The maximum atomic E-state index is 13.2. The van der Waals surface area contributed by atoms with Crippen molar-refractivity contribution in [2.24, 2.45) is 0 Å². The Kier molecular flexibility index (Phi) is 6.20. The summed E-state index contributed by atoms with van der Waals surface area (Å²) in [7, 11) is 0. The third kappa shape index (κ3) is 5.18. The van der Waals surface area contributed by atoms with Crippen molar-refractivity contribution in [2.45, 2.75) is 43.6 Å². The molecule has 182 valence electrons. The second-order valence-electron chi connectivity index (χ2n) is 8.25. The highest BCUT2D eigenvalue weighted by atomic mass is 19.4. The van der Waals surface area contributed by atoms with E-state index in [1.54, 1.807) is 4.90 Å². The Morgan fingerprint density at radius 3 is 2.48 bits per heavy atom. The fourth-order valence-corrected chi connectivity index (χ4v) is 4.12. The number of ether oxygens (including phenoxy) is 2. The van der Waals surface area contributed by atoms with Crippen LogP contribution < -0.4 is 5.32 Å². The monoisotopic (exact) mass is 481 g/mol. The van der Waals surface area contributed by atoms with E-state index in [1.165, 1.54) is 4.90 Å². The molecule has 13 heteroatoms. The number of fused-ring (bicyclic) bond motifs is 1. The van der Waals surface area contributed by atoms with E-state index in [1.807, 2.05) is 0 Å². The molecule has 4 rings (SSSR count). The fourth-order valence-electron chi connectivity index (χ4n) is 4.12. The van der Waals surface area contributed by atoms with Gasteiger partial charge >= 0.3 is 18.4 Å². The van der Waals surface area contributed by atoms with Crippen molar-refractivity contribution in [2.75, 3.05) is 32.8 Å². The Balaban J connectivity index is 1.30. The van der Waals surface area contributed by atoms with E-state index in [-0.39, 0.29) is 56.4 Å². The number of hydrogen-bond donors (Lipinski definition) is 1. The van der Waals surface area contributed by atoms with Crippen molar-refractivity contribution in [3.8, 4) is 0 Å². The van der Waals surface area contributed by atoms with Crippen molar-refractivity contribution in [3.63, 3.8) is 0 Å². The molecule has 7 nitrogen and oxygen atoms in total. The summed E-state index contributed by atoms with van der Waals surface area (Å²) < 4.78 is 88.9. The lowest BCUT2D eigenvalue weighted by Crippen LogP contribution is -2.65. The Hall–Kier alpha value is -2.54. The highest BCUT2D eigenvalue weighted by Crippen LogP contribution is 2.37. The molecule has 33 heavy (non-hydrogen) atoms. The summed E-state index contributed by atoms with van der Waals surface area (Å²) in [5.74, 6) is -0.246. The lowest BCUT2D eigenvalue weighted by Gasteiger charge is -2.46. The van der Waals surface area contributed by atoms with Gasteiger partial charge in [0, 0.05) is 13.1 Å². The number of rotatable bonds is 3. The van der Waals surface area contributed by atoms with Gasteiger partial charge in [-0.15, -0.1) is 0 Å². The predicted octanol–water partition coefficient (Wildman–Crippen LogP) is 2.63. The van der Waals surface area contributed by atoms with Gasteiger partial charge in [-0.1, -0.05) is 6.07 Å². The number of nitrogens with zero attached hydrogens (tertiary/aromatic N) is 2. The molecule has 0 aliphatic carbocycles. The van der Waals surface area contributed by atoms with Gasteiger partial charge in [0.25, 0.3) is 0 Å². The number of carbonyl (C=O) groups is 2. The lowest BCUT2D eigenvalue weighted by atomic mass is 10.0. The van der Waals surface area contributed by atoms with Crippen LogP contribution in [0.5, 0.6) is 0 Å². The summed E-state index contributed by atoms with van der Waals surface area (Å²) in [6.07, 6.45) is -9.97. The van der Waals surface area contributed by atoms with E-state index in [2.05, 4.69) is 5.32 Å². The largest absolute Gasteiger partial charge is 0.416 e. The lowest BCUT2D eigenvalue weighted by molar-refractivity contribution is -0.144. The van der Waals surface area contributed by atoms with E-state index < -0.39 is 41.8 Å². The number of benzene rings is 1. The van der Waals surface area contributed by atoms with Gasteiger partial charge in [-0.05, 0) is 24.1 Å². The van der Waals surface area contributed by atoms with Gasteiger partial charge in [0.05, 0.1) is 49.1 Å². The molecule has 0 unspecified atom stereocenters. The molecule has 1 aromatic carbocycles. The van der Waals surface area contributed by atoms with Crippen molar-refractivity contribution in [3.05, 3.63) is 34.9 Å². The molecule has 3 aliphatic heterocycles. The summed E-state index contributed by atoms with van der Waals surface area (Å²) in [6, 6.07) is 0.850. The minimum Gasteiger partial charge on any atom is -0.370 e. The zero-order chi connectivity index (χ0) is 24.0. The third-order valence-corrected chi connectivity index (χ3v) is 5.93. The number of nitrogens with one attached hydrogen (secondary N) is 1. The van der Waals surface area contributed by atoms with E-state index >= 15 is 0 Å². The third-order valence-electron chi connectivity index (χ3n) is 5.93. The highest BCUT2D eigenvalue weighted by molar-refractivity contribution is 5.79. The van der Waals surface area contributed by atoms with Gasteiger partial charge in [0.15, 0.2) is 0 Å². The highest BCUT2D eigenvalue weighted by Gasteiger charge is 2.41. The molecule has 0 saturated carbocycles. The Morgan fingerprint density at radius 1 is 1.09 bits per heavy atom. The normalized spacial score (nSPS) is 24.2. The van der Waals surface area contributed by atoms with E-state index in [9.17, 15) is 35.9 Å². The molecule has 0 bridgehead atoms. The van der Waals surface area contributed by atoms with Crippen molar-refractivity contribution >= 4 is 11.9 Å². The average molecular weight is 481 g/mol. The van der Waals surface area contributed by atoms with E-state index in [4.69, 9.17) is 9.47 Å². The topological polar surface area (TPSA) is 71.1 Å². The molecular weight excluding hydrogens is 460 g/mol. The number of urea groups is 1. The van der Waals surface area contributed by atoms with Gasteiger partial charge in [0.2, 0.25) is 5.91 Å². The Bertz CT molecular complexity index is 916. The van der Waals surface area contributed by atoms with E-state index in [0.29, 0.717) is 19.0 Å². The molecule has 3 saturated heterocycles. The van der Waals surface area contributed by atoms with Gasteiger partial charge in [-0.25, -0.2) is 4.79 Å². The molecule has 3 heterocycles. The first-order valence-electron chi connectivity index (χ1n) is 10.3. The van der Waals surface area contributed by atoms with Gasteiger partial charge in [0.1, 0.15) is 6.61 Å². The SMILES string of the molecule is O=C1CO[C@H]2CCN(C(=O)N3CC(OCc4ccc(C(F)(F)F)cc4C(F)(F)F)C3)C[C@H]2N1. The maximum Gasteiger partial charge on any atom is 0.416 e. The number of halogens is 6. The molecule has 2 atom stereocenters. The minimum atomic E-state index is -4.97. The van der Waals surface area contributed by atoms with Crippen molar-refractivity contribution in [1.82, 2.24) is 15.1 Å². The molecule has 1 N–H and O–H groups in total. The number of carbonyl (C=O) groups excluding carboxylic acids is 2. The molecular formula is C20H21F6N3O4. The molecule has 0 radical (unpaired) electrons. The van der Waals surface area contributed by atoms with Crippen LogP contribution in [0.1, 0.15) is 23.1 Å². The minimum absolute atomic E-state index is 0.00472. The first kappa shape index (κ1) is 23.6. The fraction of sp³-hybridized carbons (Fsp3) is 0.600. The van der Waals surface area contributed by atoms with Gasteiger partial charge in [-0.3, -0.25) is 4.79 Å². The second kappa shape index (κ2) is 8.67. The van der Waals surface area contributed by atoms with Gasteiger partial charge < -0.3 is 24.6 Å². The van der Waals surface area contributed by atoms with E-state index in [0.717, 1.165) is 6.07 Å². The second-order valence-corrected chi connectivity index (χ2v) is 8.25. The number of likely N-dealkylation sites (tertiary alicyclic amines) is 2. The number of piperidine rings is 1. The van der Waals surface area contributed by atoms with Crippen LogP contribution in [0, 0.1) is 0 Å². The van der Waals surface area contributed by atoms with Crippen LogP contribution in [0.15, 0.2) is 18.2 Å². The molecule has 0 aromatic heterocycles. The summed E-state index contributed by atoms with van der Waals surface area (Å²) >= 11 is 0. The summed E-state index contributed by atoms with van der Waals surface area (Å²) in [5, 5.41) is 2.79. The number of morpholine rings is 1. The van der Waals surface area contributed by atoms with Crippen LogP contribution in [0.4, 0.5) is 31.1 Å². The first-order valence-corrected chi connectivity index (χ1v) is 10.3. The van der Waals surface area contributed by atoms with Crippen LogP contribution in [-0.2, 0) is 33.2 Å². The molecule has 3 fully saturated rings. The predicted molar refractivity (Wildman–Crippen MR) is 99.9 cm³/mol. The summed E-state index contributed by atoms with van der Waals surface area (Å²) in [4.78, 5) is 27.2. The number of hydrogen-bond acceptors (Lipinski definition) is 4. The first-order chi connectivity index (χ1) is 15.4. The van der Waals surface area contributed by atoms with Crippen LogP contribution >= 0.6 is 0 Å². The number of amides is 3. The van der Waals surface area contributed by atoms with Gasteiger partial charge in [-0.2, -0.15) is 26.3 Å².